The van der Waals surface area contributed by atoms with Gasteiger partial charge >= 0.3 is 7.12 Å². The fourth-order valence-corrected chi connectivity index (χ4v) is 2.44. The lowest BCUT2D eigenvalue weighted by molar-refractivity contribution is 0.00578. The van der Waals surface area contributed by atoms with E-state index >= 15 is 0 Å². The van der Waals surface area contributed by atoms with Crippen molar-refractivity contribution in [1.29, 1.82) is 0 Å². The van der Waals surface area contributed by atoms with Gasteiger partial charge in [-0.3, -0.25) is 4.98 Å². The molecule has 2 aromatic rings. The third kappa shape index (κ3) is 3.01. The van der Waals surface area contributed by atoms with Crippen LogP contribution in [-0.2, 0) is 9.31 Å². The molecule has 0 radical (unpaired) electrons. The lowest BCUT2D eigenvalue weighted by Crippen LogP contribution is -2.41. The Morgan fingerprint density at radius 1 is 0.870 bits per heavy atom. The number of rotatable bonds is 2. The van der Waals surface area contributed by atoms with E-state index in [2.05, 4.69) is 4.98 Å². The molecule has 0 bridgehead atoms. The highest BCUT2D eigenvalue weighted by Crippen LogP contribution is 2.36. The van der Waals surface area contributed by atoms with Gasteiger partial charge in [-0.25, -0.2) is 8.78 Å². The first-order chi connectivity index (χ1) is 10.7. The molecule has 1 aliphatic heterocycles. The molecule has 0 atom stereocenters. The molecule has 1 aromatic carbocycles. The smallest absolute Gasteiger partial charge is 0.398 e. The fraction of sp³-hybridized carbons (Fsp3) is 0.353. The van der Waals surface area contributed by atoms with Crippen molar-refractivity contribution in [2.24, 2.45) is 0 Å². The van der Waals surface area contributed by atoms with Crippen molar-refractivity contribution in [3.8, 4) is 11.1 Å². The molecule has 120 valence electrons. The van der Waals surface area contributed by atoms with Gasteiger partial charge in [-0.2, -0.15) is 0 Å². The van der Waals surface area contributed by atoms with Gasteiger partial charge in [0.25, 0.3) is 0 Å². The van der Waals surface area contributed by atoms with Crippen LogP contribution >= 0.6 is 0 Å². The van der Waals surface area contributed by atoms with Crippen LogP contribution in [0.15, 0.2) is 36.5 Å². The summed E-state index contributed by atoms with van der Waals surface area (Å²) < 4.78 is 38.7. The molecule has 0 unspecified atom stereocenters. The zero-order valence-electron chi connectivity index (χ0n) is 13.6. The second-order valence-electron chi connectivity index (χ2n) is 6.72. The minimum Gasteiger partial charge on any atom is -0.398 e. The second-order valence-corrected chi connectivity index (χ2v) is 6.72. The van der Waals surface area contributed by atoms with Crippen LogP contribution in [0.1, 0.15) is 27.7 Å². The molecule has 23 heavy (non-hydrogen) atoms. The third-order valence-corrected chi connectivity index (χ3v) is 4.47. The van der Waals surface area contributed by atoms with Crippen LogP contribution in [-0.4, -0.2) is 23.3 Å². The van der Waals surface area contributed by atoms with Crippen molar-refractivity contribution in [2.75, 3.05) is 0 Å². The summed E-state index contributed by atoms with van der Waals surface area (Å²) in [6.07, 6.45) is 1.58. The normalized spacial score (nSPS) is 19.1. The van der Waals surface area contributed by atoms with E-state index in [9.17, 15) is 8.78 Å². The molecular weight excluding hydrogens is 299 g/mol. The first kappa shape index (κ1) is 16.1. The molecule has 2 heterocycles. The zero-order chi connectivity index (χ0) is 16.8. The zero-order valence-corrected chi connectivity index (χ0v) is 13.6. The third-order valence-electron chi connectivity index (χ3n) is 4.47. The number of benzene rings is 1. The Morgan fingerprint density at radius 3 is 2.00 bits per heavy atom. The van der Waals surface area contributed by atoms with Crippen molar-refractivity contribution >= 4 is 12.7 Å². The monoisotopic (exact) mass is 317 g/mol. The maximum atomic E-state index is 13.4. The number of pyridine rings is 1. The Hall–Kier alpha value is -1.79. The molecular formula is C17H18BF2NO2. The number of hydrogen-bond acceptors (Lipinski definition) is 3. The van der Waals surface area contributed by atoms with Crippen LogP contribution in [0.3, 0.4) is 0 Å². The molecule has 3 rings (SSSR count). The van der Waals surface area contributed by atoms with Crippen molar-refractivity contribution in [2.45, 2.75) is 38.9 Å². The van der Waals surface area contributed by atoms with E-state index in [-0.39, 0.29) is 0 Å². The first-order valence-corrected chi connectivity index (χ1v) is 7.46. The van der Waals surface area contributed by atoms with Gasteiger partial charge in [-0.1, -0.05) is 0 Å². The van der Waals surface area contributed by atoms with Crippen molar-refractivity contribution in [1.82, 2.24) is 4.98 Å². The molecule has 6 heteroatoms. The minimum atomic E-state index is -0.617. The number of hydrogen-bond donors (Lipinski definition) is 0. The molecule has 0 amide bonds. The molecule has 0 N–H and O–H groups in total. The van der Waals surface area contributed by atoms with E-state index in [0.717, 1.165) is 6.07 Å². The molecule has 1 aromatic heterocycles. The summed E-state index contributed by atoms with van der Waals surface area (Å²) >= 11 is 0. The van der Waals surface area contributed by atoms with Gasteiger partial charge in [0.2, 0.25) is 0 Å². The van der Waals surface area contributed by atoms with Gasteiger partial charge in [0.1, 0.15) is 11.6 Å². The molecule has 1 fully saturated rings. The lowest BCUT2D eigenvalue weighted by atomic mass is 9.83. The fourth-order valence-electron chi connectivity index (χ4n) is 2.44. The molecule has 0 spiro atoms. The van der Waals surface area contributed by atoms with E-state index in [1.165, 1.54) is 12.1 Å². The Kier molecular flexibility index (Phi) is 3.77. The van der Waals surface area contributed by atoms with E-state index in [1.54, 1.807) is 18.3 Å². The summed E-state index contributed by atoms with van der Waals surface area (Å²) in [7, 11) is -0.613. The summed E-state index contributed by atoms with van der Waals surface area (Å²) in [5.41, 5.74) is 0.734. The quantitative estimate of drug-likeness (QED) is 0.796. The Bertz CT molecular complexity index is 713. The summed E-state index contributed by atoms with van der Waals surface area (Å²) in [6, 6.07) is 6.85. The largest absolute Gasteiger partial charge is 0.514 e. The van der Waals surface area contributed by atoms with E-state index in [1.807, 2.05) is 27.7 Å². The summed E-state index contributed by atoms with van der Waals surface area (Å²) in [6.45, 7) is 7.83. The maximum absolute atomic E-state index is 13.4. The SMILES string of the molecule is CC1(C)OB(c2cc(-c3cc(F)cc(F)c3)ccn2)OC1(C)C. The highest BCUT2D eigenvalue weighted by molar-refractivity contribution is 6.61. The van der Waals surface area contributed by atoms with Crippen molar-refractivity contribution in [3.63, 3.8) is 0 Å². The highest BCUT2D eigenvalue weighted by atomic mass is 19.1. The maximum Gasteiger partial charge on any atom is 0.514 e. The second kappa shape index (κ2) is 5.39. The van der Waals surface area contributed by atoms with Crippen LogP contribution in [0.25, 0.3) is 11.1 Å². The van der Waals surface area contributed by atoms with Crippen LogP contribution in [0, 0.1) is 11.6 Å². The van der Waals surface area contributed by atoms with Crippen LogP contribution < -0.4 is 5.59 Å². The molecule has 1 saturated heterocycles. The van der Waals surface area contributed by atoms with Gasteiger partial charge in [0.05, 0.1) is 16.8 Å². The Morgan fingerprint density at radius 2 is 1.43 bits per heavy atom. The predicted octanol–water partition coefficient (Wildman–Crippen LogP) is 3.33. The average Bonchev–Trinajstić information content (AvgIpc) is 2.67. The number of nitrogens with zero attached hydrogens (tertiary/aromatic N) is 1. The van der Waals surface area contributed by atoms with Gasteiger partial charge in [0.15, 0.2) is 0 Å². The van der Waals surface area contributed by atoms with Crippen LogP contribution in [0.2, 0.25) is 0 Å². The number of halogens is 2. The summed E-state index contributed by atoms with van der Waals surface area (Å²) in [5.74, 6) is -1.23. The predicted molar refractivity (Wildman–Crippen MR) is 85.3 cm³/mol. The Balaban J connectivity index is 1.95. The molecule has 3 nitrogen and oxygen atoms in total. The van der Waals surface area contributed by atoms with Gasteiger partial charge in [0, 0.05) is 12.3 Å². The average molecular weight is 317 g/mol. The molecule has 0 aliphatic carbocycles. The first-order valence-electron chi connectivity index (χ1n) is 7.46. The van der Waals surface area contributed by atoms with Crippen LogP contribution in [0.4, 0.5) is 8.78 Å². The van der Waals surface area contributed by atoms with Gasteiger partial charge in [-0.05, 0) is 63.1 Å². The van der Waals surface area contributed by atoms with Crippen molar-refractivity contribution < 1.29 is 18.1 Å². The van der Waals surface area contributed by atoms with Gasteiger partial charge in [-0.15, -0.1) is 0 Å². The Labute approximate surface area is 134 Å². The topological polar surface area (TPSA) is 31.4 Å². The summed E-state index contributed by atoms with van der Waals surface area (Å²) in [4.78, 5) is 4.29. The standard InChI is InChI=1S/C17H18BF2NO2/c1-16(2)17(3,4)23-18(22-16)15-9-11(5-6-21-15)12-7-13(19)10-14(20)8-12/h5-10H,1-4H3. The molecule has 0 saturated carbocycles. The van der Waals surface area contributed by atoms with E-state index < -0.39 is 30.0 Å². The van der Waals surface area contributed by atoms with E-state index in [4.69, 9.17) is 9.31 Å². The highest BCUT2D eigenvalue weighted by Gasteiger charge is 2.52. The summed E-state index contributed by atoms with van der Waals surface area (Å²) in [5, 5.41) is 0. The molecule has 1 aliphatic rings. The van der Waals surface area contributed by atoms with Crippen LogP contribution in [0.5, 0.6) is 0 Å². The lowest BCUT2D eigenvalue weighted by Gasteiger charge is -2.32. The number of aromatic nitrogens is 1. The van der Waals surface area contributed by atoms with Crippen molar-refractivity contribution in [3.05, 3.63) is 48.2 Å². The van der Waals surface area contributed by atoms with Gasteiger partial charge < -0.3 is 9.31 Å². The van der Waals surface area contributed by atoms with E-state index in [0.29, 0.717) is 16.7 Å². The minimum absolute atomic E-state index is 0.447.